The average molecular weight is 570 g/mol. The van der Waals surface area contributed by atoms with Crippen LogP contribution in [0.15, 0.2) is 34.2 Å². The van der Waals surface area contributed by atoms with Crippen LogP contribution in [0, 0.1) is 0 Å². The van der Waals surface area contributed by atoms with Crippen LogP contribution < -0.4 is 15.8 Å². The molecule has 0 aliphatic carbocycles. The normalized spacial score (nSPS) is 11.7. The summed E-state index contributed by atoms with van der Waals surface area (Å²) in [5.41, 5.74) is 0.819. The summed E-state index contributed by atoms with van der Waals surface area (Å²) < 4.78 is 27.8. The molecule has 0 heterocycles. The Morgan fingerprint density at radius 3 is 2.32 bits per heavy atom. The number of aliphatic imine (C=N–C) groups is 1. The highest BCUT2D eigenvalue weighted by Crippen LogP contribution is 2.09. The van der Waals surface area contributed by atoms with Crippen molar-refractivity contribution in [2.24, 2.45) is 10.1 Å². The number of hydrogen-bond acceptors (Lipinski definition) is 6. The summed E-state index contributed by atoms with van der Waals surface area (Å²) in [7, 11) is 3.38. The van der Waals surface area contributed by atoms with Gasteiger partial charge >= 0.3 is 0 Å². The van der Waals surface area contributed by atoms with E-state index in [0.29, 0.717) is 19.0 Å². The highest BCUT2D eigenvalue weighted by atomic mass is 127. The Balaban J connectivity index is 0.00000900. The molecule has 0 aliphatic rings. The van der Waals surface area contributed by atoms with Crippen LogP contribution >= 0.6 is 24.0 Å². The third-order valence-electron chi connectivity index (χ3n) is 4.25. The predicted octanol–water partition coefficient (Wildman–Crippen LogP) is 0.0437. The number of carbonyl (C=O) groups is 1. The molecule has 0 atom stereocenters. The number of primary sulfonamides is 1. The maximum absolute atomic E-state index is 11.9. The maximum atomic E-state index is 11.9. The van der Waals surface area contributed by atoms with Gasteiger partial charge in [-0.1, -0.05) is 12.1 Å². The number of ether oxygens (including phenoxy) is 1. The zero-order valence-corrected chi connectivity index (χ0v) is 21.8. The van der Waals surface area contributed by atoms with Crippen LogP contribution in [-0.2, 0) is 26.1 Å². The smallest absolute Gasteiger partial charge is 0.241 e. The van der Waals surface area contributed by atoms with Gasteiger partial charge in [-0.25, -0.2) is 18.5 Å². The van der Waals surface area contributed by atoms with Gasteiger partial charge in [0.1, 0.15) is 0 Å². The van der Waals surface area contributed by atoms with Crippen molar-refractivity contribution in [3.63, 3.8) is 0 Å². The van der Waals surface area contributed by atoms with Crippen LogP contribution in [0.2, 0.25) is 0 Å². The Kier molecular flexibility index (Phi) is 14.6. The molecule has 31 heavy (non-hydrogen) atoms. The van der Waals surface area contributed by atoms with Gasteiger partial charge in [-0.15, -0.1) is 24.0 Å². The number of guanidine groups is 1. The van der Waals surface area contributed by atoms with Gasteiger partial charge in [0.2, 0.25) is 15.9 Å². The molecular formula is C19H35IN6O4S. The summed E-state index contributed by atoms with van der Waals surface area (Å²) in [5.74, 6) is 0.435. The number of methoxy groups -OCH3 is 1. The number of benzene rings is 1. The molecule has 1 rings (SSSR count). The van der Waals surface area contributed by atoms with Crippen molar-refractivity contribution in [2.45, 2.75) is 17.9 Å². The van der Waals surface area contributed by atoms with Gasteiger partial charge in [-0.3, -0.25) is 4.79 Å². The highest BCUT2D eigenvalue weighted by Gasteiger charge is 2.08. The summed E-state index contributed by atoms with van der Waals surface area (Å²) in [4.78, 5) is 20.1. The molecule has 0 fully saturated rings. The monoisotopic (exact) mass is 570 g/mol. The van der Waals surface area contributed by atoms with Crippen LogP contribution in [0.5, 0.6) is 0 Å². The van der Waals surface area contributed by atoms with Crippen molar-refractivity contribution in [3.8, 4) is 0 Å². The molecule has 1 aromatic rings. The average Bonchev–Trinajstić information content (AvgIpc) is 2.69. The van der Waals surface area contributed by atoms with Gasteiger partial charge in [-0.05, 0) is 31.2 Å². The Morgan fingerprint density at radius 2 is 1.77 bits per heavy atom. The van der Waals surface area contributed by atoms with Crippen LogP contribution in [-0.4, -0.2) is 91.1 Å². The molecule has 10 nitrogen and oxygen atoms in total. The molecule has 4 N–H and O–H groups in total. The van der Waals surface area contributed by atoms with Crippen LogP contribution in [0.25, 0.3) is 0 Å². The van der Waals surface area contributed by atoms with Crippen LogP contribution in [0.3, 0.4) is 0 Å². The number of halogens is 1. The molecule has 0 aliphatic heterocycles. The van der Waals surface area contributed by atoms with Crippen LogP contribution in [0.4, 0.5) is 0 Å². The first kappa shape index (κ1) is 29.5. The van der Waals surface area contributed by atoms with E-state index in [2.05, 4.69) is 20.5 Å². The molecule has 0 unspecified atom stereocenters. The van der Waals surface area contributed by atoms with Crippen molar-refractivity contribution in [2.75, 3.05) is 61.0 Å². The molecule has 0 saturated heterocycles. The number of nitrogens with zero attached hydrogens (tertiary/aromatic N) is 3. The van der Waals surface area contributed by atoms with Gasteiger partial charge < -0.3 is 25.2 Å². The molecule has 0 aromatic heterocycles. The molecule has 1 amide bonds. The fourth-order valence-corrected chi connectivity index (χ4v) is 2.92. The van der Waals surface area contributed by atoms with Crippen molar-refractivity contribution < 1.29 is 17.9 Å². The number of hydrogen-bond donors (Lipinski definition) is 3. The minimum atomic E-state index is -3.72. The standard InChI is InChI=1S/C19H34N6O4S.HI/c1-24(2)18(26)15-23-19(21-10-12-25(3)11-5-13-29-4)22-14-16-6-8-17(9-7-16)30(20,27)28;/h6-9H,5,10-15H2,1-4H3,(H2,20,27,28)(H2,21,22,23);1H. The lowest BCUT2D eigenvalue weighted by atomic mass is 10.2. The number of sulfonamides is 1. The minimum absolute atomic E-state index is 0. The van der Waals surface area contributed by atoms with E-state index in [1.54, 1.807) is 33.3 Å². The molecule has 12 heteroatoms. The van der Waals surface area contributed by atoms with Crippen molar-refractivity contribution >= 4 is 45.9 Å². The summed E-state index contributed by atoms with van der Waals surface area (Å²) in [6.45, 7) is 3.53. The number of nitrogens with two attached hydrogens (primary N) is 1. The van der Waals surface area contributed by atoms with Gasteiger partial charge in [0.25, 0.3) is 0 Å². The first-order valence-corrected chi connectivity index (χ1v) is 11.2. The Morgan fingerprint density at radius 1 is 1.13 bits per heavy atom. The zero-order chi connectivity index (χ0) is 22.6. The minimum Gasteiger partial charge on any atom is -0.385 e. The van der Waals surface area contributed by atoms with E-state index in [4.69, 9.17) is 9.88 Å². The highest BCUT2D eigenvalue weighted by molar-refractivity contribution is 14.0. The first-order valence-electron chi connectivity index (χ1n) is 9.65. The largest absolute Gasteiger partial charge is 0.385 e. The zero-order valence-electron chi connectivity index (χ0n) is 18.6. The summed E-state index contributed by atoms with van der Waals surface area (Å²) >= 11 is 0. The number of rotatable bonds is 12. The summed E-state index contributed by atoms with van der Waals surface area (Å²) in [6.07, 6.45) is 0.956. The predicted molar refractivity (Wildman–Crippen MR) is 133 cm³/mol. The quantitative estimate of drug-likeness (QED) is 0.140. The van der Waals surface area contributed by atoms with E-state index in [1.807, 2.05) is 7.05 Å². The number of amides is 1. The third-order valence-corrected chi connectivity index (χ3v) is 5.18. The van der Waals surface area contributed by atoms with Crippen molar-refractivity contribution in [1.29, 1.82) is 0 Å². The van der Waals surface area contributed by atoms with E-state index in [9.17, 15) is 13.2 Å². The Labute approximate surface area is 202 Å². The van der Waals surface area contributed by atoms with Gasteiger partial charge in [0.15, 0.2) is 5.96 Å². The second kappa shape index (κ2) is 15.3. The molecule has 0 bridgehead atoms. The van der Waals surface area contributed by atoms with Gasteiger partial charge in [0.05, 0.1) is 18.0 Å². The molecule has 0 spiro atoms. The van der Waals surface area contributed by atoms with Crippen LogP contribution in [0.1, 0.15) is 12.0 Å². The van der Waals surface area contributed by atoms with E-state index in [1.165, 1.54) is 17.0 Å². The van der Waals surface area contributed by atoms with E-state index >= 15 is 0 Å². The van der Waals surface area contributed by atoms with Crippen molar-refractivity contribution in [1.82, 2.24) is 20.4 Å². The maximum Gasteiger partial charge on any atom is 0.241 e. The summed E-state index contributed by atoms with van der Waals surface area (Å²) in [6, 6.07) is 6.22. The topological polar surface area (TPSA) is 129 Å². The van der Waals surface area contributed by atoms with E-state index < -0.39 is 10.0 Å². The van der Waals surface area contributed by atoms with E-state index in [0.717, 1.165) is 31.7 Å². The number of carbonyl (C=O) groups excluding carboxylic acids is 1. The third kappa shape index (κ3) is 12.8. The molecule has 1 aromatic carbocycles. The second-order valence-electron chi connectivity index (χ2n) is 7.07. The SMILES string of the molecule is COCCCN(C)CCNC(=NCc1ccc(S(N)(=O)=O)cc1)NCC(=O)N(C)C.I. The Bertz CT molecular complexity index is 787. The first-order chi connectivity index (χ1) is 14.1. The van der Waals surface area contributed by atoms with Crippen molar-refractivity contribution in [3.05, 3.63) is 29.8 Å². The molecule has 0 radical (unpaired) electrons. The molecular weight excluding hydrogens is 535 g/mol. The van der Waals surface area contributed by atoms with Gasteiger partial charge in [-0.2, -0.15) is 0 Å². The molecule has 178 valence electrons. The number of nitrogens with one attached hydrogen (secondary N) is 2. The Hall–Kier alpha value is -1.48. The van der Waals surface area contributed by atoms with Gasteiger partial charge in [0, 0.05) is 47.4 Å². The lowest BCUT2D eigenvalue weighted by molar-refractivity contribution is -0.127. The van der Waals surface area contributed by atoms with E-state index in [-0.39, 0.29) is 41.3 Å². The fourth-order valence-electron chi connectivity index (χ4n) is 2.40. The second-order valence-corrected chi connectivity index (χ2v) is 8.63. The number of likely N-dealkylation sites (N-methyl/N-ethyl adjacent to an activating group) is 2. The lowest BCUT2D eigenvalue weighted by Gasteiger charge is -2.19. The lowest BCUT2D eigenvalue weighted by Crippen LogP contribution is -2.45. The molecule has 0 saturated carbocycles. The summed E-state index contributed by atoms with van der Waals surface area (Å²) in [5, 5.41) is 11.4. The fraction of sp³-hybridized carbons (Fsp3) is 0.579.